The largest absolute Gasteiger partial charge is 0.373 e. The average Bonchev–Trinajstić information content (AvgIpc) is 3.48. The second-order valence-corrected chi connectivity index (χ2v) is 7.12. The minimum absolute atomic E-state index is 0.153. The number of epoxide rings is 2. The molecule has 3 heteroatoms. The molecule has 2 aromatic rings. The molecule has 0 bridgehead atoms. The molecule has 2 unspecified atom stereocenters. The number of benzene rings is 2. The van der Waals surface area contributed by atoms with Crippen LogP contribution in [0.1, 0.15) is 22.3 Å². The minimum Gasteiger partial charge on any atom is -0.373 e. The topological polar surface area (TPSA) is 51.1 Å². The van der Waals surface area contributed by atoms with Crippen molar-refractivity contribution in [2.24, 2.45) is 5.73 Å². The zero-order valence-corrected chi connectivity index (χ0v) is 14.0. The van der Waals surface area contributed by atoms with Crippen molar-refractivity contribution in [2.45, 2.75) is 43.9 Å². The minimum atomic E-state index is 0.153. The van der Waals surface area contributed by atoms with E-state index in [1.54, 1.807) is 0 Å². The highest BCUT2D eigenvalue weighted by molar-refractivity contribution is 5.26. The first-order valence-electron chi connectivity index (χ1n) is 8.89. The molecule has 2 aromatic carbocycles. The van der Waals surface area contributed by atoms with Crippen molar-refractivity contribution in [1.29, 1.82) is 0 Å². The normalized spacial score (nSPS) is 23.0. The number of ether oxygens (including phenoxy) is 2. The summed E-state index contributed by atoms with van der Waals surface area (Å²) in [4.78, 5) is 0. The van der Waals surface area contributed by atoms with E-state index < -0.39 is 0 Å². The Labute approximate surface area is 143 Å². The van der Waals surface area contributed by atoms with Crippen LogP contribution < -0.4 is 5.73 Å². The molecular formula is C21H25NO2. The monoisotopic (exact) mass is 323 g/mol. The van der Waals surface area contributed by atoms with E-state index >= 15 is 0 Å². The van der Waals surface area contributed by atoms with Gasteiger partial charge in [0.2, 0.25) is 0 Å². The van der Waals surface area contributed by atoms with Gasteiger partial charge in [-0.15, -0.1) is 0 Å². The van der Waals surface area contributed by atoms with Gasteiger partial charge in [0.05, 0.1) is 25.4 Å². The Morgan fingerprint density at radius 1 is 0.708 bits per heavy atom. The van der Waals surface area contributed by atoms with Crippen LogP contribution in [0.25, 0.3) is 0 Å². The smallest absolute Gasteiger partial charge is 0.0850 e. The average molecular weight is 323 g/mol. The van der Waals surface area contributed by atoms with Gasteiger partial charge in [-0.25, -0.2) is 0 Å². The van der Waals surface area contributed by atoms with Crippen LogP contribution in [-0.2, 0) is 35.2 Å². The highest BCUT2D eigenvalue weighted by atomic mass is 16.6. The summed E-state index contributed by atoms with van der Waals surface area (Å²) in [7, 11) is 0. The molecule has 0 saturated carbocycles. The Morgan fingerprint density at radius 2 is 1.04 bits per heavy atom. The molecule has 0 radical (unpaired) electrons. The van der Waals surface area contributed by atoms with Gasteiger partial charge < -0.3 is 15.2 Å². The van der Waals surface area contributed by atoms with Crippen molar-refractivity contribution in [2.75, 3.05) is 13.2 Å². The fraction of sp³-hybridized carbons (Fsp3) is 0.429. The van der Waals surface area contributed by atoms with Gasteiger partial charge in [-0.05, 0) is 35.1 Å². The van der Waals surface area contributed by atoms with Crippen LogP contribution in [-0.4, -0.2) is 31.5 Å². The molecule has 24 heavy (non-hydrogen) atoms. The molecule has 0 spiro atoms. The Morgan fingerprint density at radius 3 is 1.38 bits per heavy atom. The lowest BCUT2D eigenvalue weighted by Crippen LogP contribution is -2.25. The maximum Gasteiger partial charge on any atom is 0.0850 e. The maximum atomic E-state index is 6.36. The van der Waals surface area contributed by atoms with Crippen molar-refractivity contribution >= 4 is 0 Å². The van der Waals surface area contributed by atoms with Gasteiger partial charge in [0.25, 0.3) is 0 Å². The van der Waals surface area contributed by atoms with E-state index in [4.69, 9.17) is 15.2 Å². The lowest BCUT2D eigenvalue weighted by atomic mass is 9.97. The summed E-state index contributed by atoms with van der Waals surface area (Å²) in [6, 6.07) is 17.8. The molecule has 4 rings (SSSR count). The Bertz CT molecular complexity index is 598. The summed E-state index contributed by atoms with van der Waals surface area (Å²) in [5.41, 5.74) is 11.7. The Kier molecular flexibility index (Phi) is 4.65. The van der Waals surface area contributed by atoms with Gasteiger partial charge in [-0.3, -0.25) is 0 Å². The van der Waals surface area contributed by atoms with Gasteiger partial charge in [0.15, 0.2) is 0 Å². The quantitative estimate of drug-likeness (QED) is 0.760. The standard InChI is InChI=1S/C21H25NO2/c22-19(9-15-1-5-17(6-2-15)11-20-13-23-20)10-16-3-7-18(8-4-16)12-21-14-24-21/h1-8,19-21H,9-14,22H2. The van der Waals surface area contributed by atoms with Crippen LogP contribution in [0.15, 0.2) is 48.5 Å². The van der Waals surface area contributed by atoms with Crippen LogP contribution in [0.4, 0.5) is 0 Å². The summed E-state index contributed by atoms with van der Waals surface area (Å²) in [6.45, 7) is 1.83. The number of rotatable bonds is 8. The number of nitrogens with two attached hydrogens (primary N) is 1. The molecule has 0 amide bonds. The predicted octanol–water partition coefficient (Wildman–Crippen LogP) is 2.68. The van der Waals surface area contributed by atoms with Gasteiger partial charge in [-0.2, -0.15) is 0 Å². The first kappa shape index (κ1) is 15.8. The summed E-state index contributed by atoms with van der Waals surface area (Å²) in [5, 5.41) is 0. The molecular weight excluding hydrogens is 298 g/mol. The Balaban J connectivity index is 1.27. The molecule has 0 aromatic heterocycles. The molecule has 0 aliphatic carbocycles. The van der Waals surface area contributed by atoms with E-state index in [1.165, 1.54) is 22.3 Å². The van der Waals surface area contributed by atoms with Crippen molar-refractivity contribution in [1.82, 2.24) is 0 Å². The van der Waals surface area contributed by atoms with E-state index in [1.807, 2.05) is 0 Å². The molecule has 2 atom stereocenters. The molecule has 2 aliphatic rings. The third-order valence-electron chi connectivity index (χ3n) is 4.77. The van der Waals surface area contributed by atoms with Crippen molar-refractivity contribution < 1.29 is 9.47 Å². The molecule has 2 saturated heterocycles. The predicted molar refractivity (Wildman–Crippen MR) is 95.2 cm³/mol. The van der Waals surface area contributed by atoms with Crippen molar-refractivity contribution in [3.05, 3.63) is 70.8 Å². The van der Waals surface area contributed by atoms with Crippen LogP contribution >= 0.6 is 0 Å². The lowest BCUT2D eigenvalue weighted by Gasteiger charge is -2.13. The Hall–Kier alpha value is -1.68. The van der Waals surface area contributed by atoms with E-state index in [-0.39, 0.29) is 6.04 Å². The van der Waals surface area contributed by atoms with Gasteiger partial charge >= 0.3 is 0 Å². The first-order valence-corrected chi connectivity index (χ1v) is 8.89. The van der Waals surface area contributed by atoms with Gasteiger partial charge in [0, 0.05) is 18.9 Å². The van der Waals surface area contributed by atoms with E-state index in [0.29, 0.717) is 12.2 Å². The van der Waals surface area contributed by atoms with E-state index in [0.717, 1.165) is 38.9 Å². The van der Waals surface area contributed by atoms with Crippen LogP contribution in [0.5, 0.6) is 0 Å². The summed E-state index contributed by atoms with van der Waals surface area (Å²) < 4.78 is 10.6. The molecule has 2 N–H and O–H groups in total. The number of hydrogen-bond acceptors (Lipinski definition) is 3. The molecule has 3 nitrogen and oxygen atoms in total. The third-order valence-corrected chi connectivity index (χ3v) is 4.77. The van der Waals surface area contributed by atoms with Crippen LogP contribution in [0.3, 0.4) is 0 Å². The molecule has 126 valence electrons. The highest BCUT2D eigenvalue weighted by Gasteiger charge is 2.23. The molecule has 2 aliphatic heterocycles. The molecule has 2 heterocycles. The second kappa shape index (κ2) is 7.06. The zero-order valence-electron chi connectivity index (χ0n) is 14.0. The second-order valence-electron chi connectivity index (χ2n) is 7.12. The van der Waals surface area contributed by atoms with Crippen LogP contribution in [0.2, 0.25) is 0 Å². The molecule has 2 fully saturated rings. The van der Waals surface area contributed by atoms with Crippen LogP contribution in [0, 0.1) is 0 Å². The van der Waals surface area contributed by atoms with E-state index in [9.17, 15) is 0 Å². The van der Waals surface area contributed by atoms with E-state index in [2.05, 4.69) is 48.5 Å². The fourth-order valence-corrected chi connectivity index (χ4v) is 3.20. The summed E-state index contributed by atoms with van der Waals surface area (Å²) >= 11 is 0. The number of hydrogen-bond donors (Lipinski definition) is 1. The summed E-state index contributed by atoms with van der Waals surface area (Å²) in [6.07, 6.45) is 4.80. The highest BCUT2D eigenvalue weighted by Crippen LogP contribution is 2.18. The summed E-state index contributed by atoms with van der Waals surface area (Å²) in [5.74, 6) is 0. The maximum absolute atomic E-state index is 6.36. The first-order chi connectivity index (χ1) is 11.7. The van der Waals surface area contributed by atoms with Gasteiger partial charge in [-0.1, -0.05) is 48.5 Å². The van der Waals surface area contributed by atoms with Crippen molar-refractivity contribution in [3.63, 3.8) is 0 Å². The fourth-order valence-electron chi connectivity index (χ4n) is 3.20. The van der Waals surface area contributed by atoms with Crippen molar-refractivity contribution in [3.8, 4) is 0 Å². The third kappa shape index (κ3) is 4.67. The van der Waals surface area contributed by atoms with Gasteiger partial charge in [0.1, 0.15) is 0 Å². The lowest BCUT2D eigenvalue weighted by molar-refractivity contribution is 0.407. The SMILES string of the molecule is NC(Cc1ccc(CC2CO2)cc1)Cc1ccc(CC2CO2)cc1. The zero-order chi connectivity index (χ0) is 16.4.